The first-order valence-corrected chi connectivity index (χ1v) is 6.79. The van der Waals surface area contributed by atoms with Crippen molar-refractivity contribution in [2.75, 3.05) is 10.6 Å². The summed E-state index contributed by atoms with van der Waals surface area (Å²) in [5.74, 6) is 2.48. The van der Waals surface area contributed by atoms with Crippen LogP contribution in [-0.2, 0) is 4.79 Å². The lowest BCUT2D eigenvalue weighted by atomic mass is 10.2. The number of carbonyl (C=O) groups is 1. The van der Waals surface area contributed by atoms with Crippen molar-refractivity contribution >= 4 is 17.3 Å². The molecule has 0 aromatic heterocycles. The van der Waals surface area contributed by atoms with Gasteiger partial charge in [0.15, 0.2) is 0 Å². The molecule has 1 atom stereocenters. The summed E-state index contributed by atoms with van der Waals surface area (Å²) in [6.45, 7) is 3.82. The van der Waals surface area contributed by atoms with Gasteiger partial charge in [-0.25, -0.2) is 0 Å². The van der Waals surface area contributed by atoms with Crippen LogP contribution in [0.4, 0.5) is 11.4 Å². The summed E-state index contributed by atoms with van der Waals surface area (Å²) in [5, 5.41) is 6.02. The van der Waals surface area contributed by atoms with Crippen LogP contribution in [0.2, 0.25) is 0 Å². The van der Waals surface area contributed by atoms with Gasteiger partial charge in [0.1, 0.15) is 6.04 Å². The SMILES string of the molecule is C#Cc1cccc(NC(C)C(=O)Nc2ccc(C)cc2)c1. The van der Waals surface area contributed by atoms with Gasteiger partial charge >= 0.3 is 0 Å². The Labute approximate surface area is 125 Å². The van der Waals surface area contributed by atoms with E-state index < -0.39 is 0 Å². The Morgan fingerprint density at radius 3 is 2.52 bits per heavy atom. The summed E-state index contributed by atoms with van der Waals surface area (Å²) >= 11 is 0. The average Bonchev–Trinajstić information content (AvgIpc) is 2.49. The van der Waals surface area contributed by atoms with Gasteiger partial charge in [0.05, 0.1) is 0 Å². The molecule has 0 aliphatic heterocycles. The second-order valence-corrected chi connectivity index (χ2v) is 4.95. The summed E-state index contributed by atoms with van der Waals surface area (Å²) in [4.78, 5) is 12.1. The molecule has 0 saturated heterocycles. The van der Waals surface area contributed by atoms with Crippen LogP contribution in [0.25, 0.3) is 0 Å². The van der Waals surface area contributed by atoms with E-state index in [1.807, 2.05) is 62.4 Å². The molecule has 0 heterocycles. The second kappa shape index (κ2) is 6.62. The number of carbonyl (C=O) groups excluding carboxylic acids is 1. The third kappa shape index (κ3) is 4.12. The maximum Gasteiger partial charge on any atom is 0.246 e. The van der Waals surface area contributed by atoms with Gasteiger partial charge in [0.2, 0.25) is 5.91 Å². The van der Waals surface area contributed by atoms with E-state index in [0.29, 0.717) is 0 Å². The first-order valence-electron chi connectivity index (χ1n) is 6.79. The summed E-state index contributed by atoms with van der Waals surface area (Å²) in [6, 6.07) is 14.8. The van der Waals surface area contributed by atoms with Crippen molar-refractivity contribution in [1.29, 1.82) is 0 Å². The van der Waals surface area contributed by atoms with Crippen molar-refractivity contribution in [2.45, 2.75) is 19.9 Å². The van der Waals surface area contributed by atoms with Gasteiger partial charge in [-0.1, -0.05) is 29.7 Å². The lowest BCUT2D eigenvalue weighted by Gasteiger charge is -2.15. The second-order valence-electron chi connectivity index (χ2n) is 4.95. The van der Waals surface area contributed by atoms with E-state index >= 15 is 0 Å². The molecule has 0 aliphatic carbocycles. The highest BCUT2D eigenvalue weighted by Gasteiger charge is 2.12. The zero-order chi connectivity index (χ0) is 15.2. The molecule has 3 heteroatoms. The summed E-state index contributed by atoms with van der Waals surface area (Å²) < 4.78 is 0. The number of anilines is 2. The van der Waals surface area contributed by atoms with Gasteiger partial charge in [0.25, 0.3) is 0 Å². The van der Waals surface area contributed by atoms with Crippen LogP contribution >= 0.6 is 0 Å². The van der Waals surface area contributed by atoms with Gasteiger partial charge in [-0.15, -0.1) is 6.42 Å². The maximum atomic E-state index is 12.1. The number of hydrogen-bond donors (Lipinski definition) is 2. The van der Waals surface area contributed by atoms with Crippen LogP contribution in [-0.4, -0.2) is 11.9 Å². The Hall–Kier alpha value is -2.73. The highest BCUT2D eigenvalue weighted by Crippen LogP contribution is 2.13. The van der Waals surface area contributed by atoms with E-state index in [-0.39, 0.29) is 11.9 Å². The van der Waals surface area contributed by atoms with Crippen LogP contribution in [0, 0.1) is 19.3 Å². The minimum Gasteiger partial charge on any atom is -0.374 e. The fraction of sp³-hybridized carbons (Fsp3) is 0.167. The van der Waals surface area contributed by atoms with Gasteiger partial charge in [-0.05, 0) is 44.2 Å². The van der Waals surface area contributed by atoms with Crippen molar-refractivity contribution in [3.8, 4) is 12.3 Å². The van der Waals surface area contributed by atoms with Crippen LogP contribution in [0.3, 0.4) is 0 Å². The smallest absolute Gasteiger partial charge is 0.246 e. The van der Waals surface area contributed by atoms with Gasteiger partial charge < -0.3 is 10.6 Å². The van der Waals surface area contributed by atoms with Crippen LogP contribution < -0.4 is 10.6 Å². The molecule has 0 bridgehead atoms. The van der Waals surface area contributed by atoms with E-state index in [4.69, 9.17) is 6.42 Å². The Bertz CT molecular complexity index is 668. The minimum absolute atomic E-state index is 0.0926. The number of nitrogens with one attached hydrogen (secondary N) is 2. The van der Waals surface area contributed by atoms with Crippen molar-refractivity contribution in [2.24, 2.45) is 0 Å². The molecule has 0 fully saturated rings. The van der Waals surface area contributed by atoms with Crippen LogP contribution in [0.5, 0.6) is 0 Å². The van der Waals surface area contributed by atoms with E-state index in [1.165, 1.54) is 0 Å². The quantitative estimate of drug-likeness (QED) is 0.841. The zero-order valence-electron chi connectivity index (χ0n) is 12.2. The van der Waals surface area contributed by atoms with Crippen LogP contribution in [0.1, 0.15) is 18.1 Å². The van der Waals surface area contributed by atoms with Gasteiger partial charge in [-0.3, -0.25) is 4.79 Å². The number of rotatable bonds is 4. The molecule has 2 aromatic rings. The number of benzene rings is 2. The Morgan fingerprint density at radius 2 is 1.86 bits per heavy atom. The minimum atomic E-state index is -0.362. The Morgan fingerprint density at radius 1 is 1.14 bits per heavy atom. The third-order valence-electron chi connectivity index (χ3n) is 3.12. The molecule has 3 nitrogen and oxygen atoms in total. The normalized spacial score (nSPS) is 11.3. The van der Waals surface area contributed by atoms with E-state index in [2.05, 4.69) is 16.6 Å². The predicted octanol–water partition coefficient (Wildman–Crippen LogP) is 3.42. The van der Waals surface area contributed by atoms with Gasteiger partial charge in [-0.2, -0.15) is 0 Å². The van der Waals surface area contributed by atoms with Crippen molar-refractivity contribution in [3.63, 3.8) is 0 Å². The average molecular weight is 278 g/mol. The molecule has 2 aromatic carbocycles. The van der Waals surface area contributed by atoms with Crippen molar-refractivity contribution in [1.82, 2.24) is 0 Å². The summed E-state index contributed by atoms with van der Waals surface area (Å²) in [6.07, 6.45) is 5.37. The molecule has 1 unspecified atom stereocenters. The summed E-state index contributed by atoms with van der Waals surface area (Å²) in [5.41, 5.74) is 3.56. The highest BCUT2D eigenvalue weighted by atomic mass is 16.2. The van der Waals surface area contributed by atoms with E-state index in [1.54, 1.807) is 0 Å². The fourth-order valence-corrected chi connectivity index (χ4v) is 1.90. The Balaban J connectivity index is 1.99. The molecule has 0 radical (unpaired) electrons. The van der Waals surface area contributed by atoms with Crippen molar-refractivity contribution in [3.05, 3.63) is 59.7 Å². The molecule has 21 heavy (non-hydrogen) atoms. The lowest BCUT2D eigenvalue weighted by molar-refractivity contribution is -0.116. The predicted molar refractivity (Wildman–Crippen MR) is 87.3 cm³/mol. The van der Waals surface area contributed by atoms with Crippen LogP contribution in [0.15, 0.2) is 48.5 Å². The topological polar surface area (TPSA) is 41.1 Å². The van der Waals surface area contributed by atoms with E-state index in [0.717, 1.165) is 22.5 Å². The molecular formula is C18H18N2O. The maximum absolute atomic E-state index is 12.1. The molecule has 0 aliphatic rings. The first-order chi connectivity index (χ1) is 10.1. The zero-order valence-corrected chi connectivity index (χ0v) is 12.2. The van der Waals surface area contributed by atoms with E-state index in [9.17, 15) is 4.79 Å². The summed E-state index contributed by atoms with van der Waals surface area (Å²) in [7, 11) is 0. The lowest BCUT2D eigenvalue weighted by Crippen LogP contribution is -2.31. The number of amides is 1. The van der Waals surface area contributed by atoms with Gasteiger partial charge in [0, 0.05) is 16.9 Å². The fourth-order valence-electron chi connectivity index (χ4n) is 1.90. The first kappa shape index (κ1) is 14.7. The largest absolute Gasteiger partial charge is 0.374 e. The molecule has 1 amide bonds. The molecule has 2 N–H and O–H groups in total. The molecule has 2 rings (SSSR count). The molecule has 106 valence electrons. The van der Waals surface area contributed by atoms with Crippen molar-refractivity contribution < 1.29 is 4.79 Å². The number of aryl methyl sites for hydroxylation is 1. The highest BCUT2D eigenvalue weighted by molar-refractivity contribution is 5.96. The molecule has 0 spiro atoms. The standard InChI is InChI=1S/C18H18N2O/c1-4-15-6-5-7-17(12-15)19-14(3)18(21)20-16-10-8-13(2)9-11-16/h1,5-12,14,19H,2-3H3,(H,20,21). The Kier molecular flexibility index (Phi) is 4.63. The number of hydrogen-bond acceptors (Lipinski definition) is 2. The molecular weight excluding hydrogens is 260 g/mol. The number of terminal acetylenes is 1. The third-order valence-corrected chi connectivity index (χ3v) is 3.12. The monoisotopic (exact) mass is 278 g/mol. The molecule has 0 saturated carbocycles.